The average molecular weight is 299 g/mol. The van der Waals surface area contributed by atoms with Crippen molar-refractivity contribution in [2.75, 3.05) is 33.2 Å². The molecule has 1 rings (SSSR count). The van der Waals surface area contributed by atoms with Crippen LogP contribution in [0.15, 0.2) is 0 Å². The molecular weight excluding hydrogens is 270 g/mol. The van der Waals surface area contributed by atoms with Crippen molar-refractivity contribution in [1.29, 1.82) is 0 Å². The minimum absolute atomic E-state index is 0.0733. The number of hydrogen-bond acceptors (Lipinski definition) is 3. The molecule has 2 atom stereocenters. The smallest absolute Gasteiger partial charge is 0.317 e. The van der Waals surface area contributed by atoms with Gasteiger partial charge in [0, 0.05) is 32.2 Å². The van der Waals surface area contributed by atoms with E-state index in [-0.39, 0.29) is 18.0 Å². The van der Waals surface area contributed by atoms with E-state index in [1.807, 2.05) is 27.8 Å². The Hall–Kier alpha value is -1.30. The number of rotatable bonds is 4. The number of carbonyl (C=O) groups is 2. The van der Waals surface area contributed by atoms with E-state index in [2.05, 4.69) is 17.1 Å². The van der Waals surface area contributed by atoms with Crippen LogP contribution in [-0.4, -0.2) is 66.2 Å². The zero-order valence-corrected chi connectivity index (χ0v) is 13.8. The Labute approximate surface area is 127 Å². The van der Waals surface area contributed by atoms with Crippen molar-refractivity contribution in [3.8, 4) is 0 Å². The van der Waals surface area contributed by atoms with Crippen molar-refractivity contribution in [2.24, 2.45) is 11.3 Å². The van der Waals surface area contributed by atoms with Crippen molar-refractivity contribution >= 4 is 12.0 Å². The van der Waals surface area contributed by atoms with Crippen molar-refractivity contribution in [3.63, 3.8) is 0 Å². The lowest BCUT2D eigenvalue weighted by atomic mass is 9.84. The Balaban J connectivity index is 2.48. The van der Waals surface area contributed by atoms with Gasteiger partial charge in [0.2, 0.25) is 0 Å². The molecule has 122 valence electrons. The number of carbonyl (C=O) groups excluding carboxylic acids is 1. The fourth-order valence-corrected chi connectivity index (χ4v) is 2.54. The van der Waals surface area contributed by atoms with Crippen molar-refractivity contribution in [1.82, 2.24) is 15.1 Å². The van der Waals surface area contributed by atoms with Crippen LogP contribution in [-0.2, 0) is 4.79 Å². The number of likely N-dealkylation sites (N-methyl/N-ethyl adjacent to an activating group) is 1. The van der Waals surface area contributed by atoms with E-state index >= 15 is 0 Å². The standard InChI is InChI=1S/C15H29N3O3/c1-11-10-18(7-6-17(11)5)14(21)16-9-12(13(19)20)8-15(2,3)4/h11-12H,6-10H2,1-5H3,(H,16,21)(H,19,20). The number of aliphatic carboxylic acids is 1. The van der Waals surface area contributed by atoms with Crippen LogP contribution in [0.25, 0.3) is 0 Å². The van der Waals surface area contributed by atoms with Crippen LogP contribution in [0.1, 0.15) is 34.1 Å². The van der Waals surface area contributed by atoms with E-state index in [0.29, 0.717) is 25.6 Å². The number of carboxylic acid groups (broad SMARTS) is 1. The van der Waals surface area contributed by atoms with E-state index in [1.165, 1.54) is 0 Å². The van der Waals surface area contributed by atoms with Gasteiger partial charge < -0.3 is 20.2 Å². The lowest BCUT2D eigenvalue weighted by Crippen LogP contribution is -2.55. The average Bonchev–Trinajstić information content (AvgIpc) is 2.35. The maximum atomic E-state index is 12.1. The second-order valence-electron chi connectivity index (χ2n) is 7.26. The first kappa shape index (κ1) is 17.8. The molecule has 0 saturated carbocycles. The first-order valence-corrected chi connectivity index (χ1v) is 7.56. The van der Waals surface area contributed by atoms with Crippen LogP contribution in [0.4, 0.5) is 4.79 Å². The third kappa shape index (κ3) is 5.91. The highest BCUT2D eigenvalue weighted by atomic mass is 16.4. The number of amides is 2. The van der Waals surface area contributed by atoms with Gasteiger partial charge in [0.15, 0.2) is 0 Å². The molecule has 1 saturated heterocycles. The summed E-state index contributed by atoms with van der Waals surface area (Å²) in [6.07, 6.45) is 0.543. The second-order valence-corrected chi connectivity index (χ2v) is 7.26. The third-order valence-electron chi connectivity index (χ3n) is 3.95. The van der Waals surface area contributed by atoms with Crippen LogP contribution in [0, 0.1) is 11.3 Å². The molecule has 0 aromatic carbocycles. The molecule has 2 amide bonds. The van der Waals surface area contributed by atoms with Gasteiger partial charge >= 0.3 is 12.0 Å². The summed E-state index contributed by atoms with van der Waals surface area (Å²) in [4.78, 5) is 27.4. The predicted molar refractivity (Wildman–Crippen MR) is 82.3 cm³/mol. The van der Waals surface area contributed by atoms with Gasteiger partial charge in [-0.3, -0.25) is 4.79 Å². The minimum Gasteiger partial charge on any atom is -0.481 e. The number of nitrogens with one attached hydrogen (secondary N) is 1. The molecule has 0 bridgehead atoms. The quantitative estimate of drug-likeness (QED) is 0.824. The molecule has 1 fully saturated rings. The van der Waals surface area contributed by atoms with Crippen molar-refractivity contribution < 1.29 is 14.7 Å². The zero-order valence-electron chi connectivity index (χ0n) is 13.8. The van der Waals surface area contributed by atoms with Gasteiger partial charge in [0.1, 0.15) is 0 Å². The van der Waals surface area contributed by atoms with Gasteiger partial charge in [0.05, 0.1) is 5.92 Å². The first-order chi connectivity index (χ1) is 9.60. The van der Waals surface area contributed by atoms with E-state index in [4.69, 9.17) is 0 Å². The van der Waals surface area contributed by atoms with E-state index in [9.17, 15) is 14.7 Å². The molecular formula is C15H29N3O3. The topological polar surface area (TPSA) is 72.9 Å². The van der Waals surface area contributed by atoms with Crippen molar-refractivity contribution in [3.05, 3.63) is 0 Å². The van der Waals surface area contributed by atoms with Gasteiger partial charge in [0.25, 0.3) is 0 Å². The Kier molecular flexibility index (Phi) is 6.01. The summed E-state index contributed by atoms with van der Waals surface area (Å²) < 4.78 is 0. The molecule has 2 N–H and O–H groups in total. The van der Waals surface area contributed by atoms with E-state index in [1.54, 1.807) is 4.90 Å². The van der Waals surface area contributed by atoms with Crippen LogP contribution >= 0.6 is 0 Å². The number of hydrogen-bond donors (Lipinski definition) is 2. The summed E-state index contributed by atoms with van der Waals surface area (Å²) in [5.41, 5.74) is -0.0733. The summed E-state index contributed by atoms with van der Waals surface area (Å²) >= 11 is 0. The Morgan fingerprint density at radius 2 is 1.95 bits per heavy atom. The highest BCUT2D eigenvalue weighted by Crippen LogP contribution is 2.24. The highest BCUT2D eigenvalue weighted by molar-refractivity contribution is 5.76. The molecule has 0 radical (unpaired) electrons. The van der Waals surface area contributed by atoms with Gasteiger partial charge in [-0.25, -0.2) is 4.79 Å². The summed E-state index contributed by atoms with van der Waals surface area (Å²) in [5, 5.41) is 12.0. The largest absolute Gasteiger partial charge is 0.481 e. The SMILES string of the molecule is CC1CN(C(=O)NCC(CC(C)(C)C)C(=O)O)CCN1C. The van der Waals surface area contributed by atoms with Gasteiger partial charge in [-0.1, -0.05) is 20.8 Å². The van der Waals surface area contributed by atoms with Crippen LogP contribution in [0.3, 0.4) is 0 Å². The molecule has 1 aliphatic rings. The summed E-state index contributed by atoms with van der Waals surface area (Å²) in [6, 6.07) is 0.171. The lowest BCUT2D eigenvalue weighted by Gasteiger charge is -2.37. The number of urea groups is 1. The lowest BCUT2D eigenvalue weighted by molar-refractivity contribution is -0.142. The third-order valence-corrected chi connectivity index (χ3v) is 3.95. The number of nitrogens with zero attached hydrogens (tertiary/aromatic N) is 2. The molecule has 6 nitrogen and oxygen atoms in total. The van der Waals surface area contributed by atoms with Gasteiger partial charge in [-0.2, -0.15) is 0 Å². The number of piperazine rings is 1. The summed E-state index contributed by atoms with van der Waals surface area (Å²) in [7, 11) is 2.05. The Morgan fingerprint density at radius 3 is 2.43 bits per heavy atom. The Bertz CT molecular complexity index is 379. The monoisotopic (exact) mass is 299 g/mol. The molecule has 0 aromatic rings. The Morgan fingerprint density at radius 1 is 1.33 bits per heavy atom. The number of carboxylic acids is 1. The molecule has 1 heterocycles. The van der Waals surface area contributed by atoms with Gasteiger partial charge in [-0.05, 0) is 25.8 Å². The van der Waals surface area contributed by atoms with Crippen molar-refractivity contribution in [2.45, 2.75) is 40.2 Å². The molecule has 0 aliphatic carbocycles. The molecule has 2 unspecified atom stereocenters. The fourth-order valence-electron chi connectivity index (χ4n) is 2.54. The fraction of sp³-hybridized carbons (Fsp3) is 0.867. The summed E-state index contributed by atoms with van der Waals surface area (Å²) in [5.74, 6) is -1.39. The van der Waals surface area contributed by atoms with Crippen LogP contribution < -0.4 is 5.32 Å². The molecule has 0 aromatic heterocycles. The van der Waals surface area contributed by atoms with Gasteiger partial charge in [-0.15, -0.1) is 0 Å². The van der Waals surface area contributed by atoms with Crippen LogP contribution in [0.5, 0.6) is 0 Å². The molecule has 0 spiro atoms. The molecule has 6 heteroatoms. The van der Waals surface area contributed by atoms with E-state index in [0.717, 1.165) is 6.54 Å². The van der Waals surface area contributed by atoms with Crippen LogP contribution in [0.2, 0.25) is 0 Å². The van der Waals surface area contributed by atoms with E-state index < -0.39 is 11.9 Å². The molecule has 21 heavy (non-hydrogen) atoms. The minimum atomic E-state index is -0.850. The predicted octanol–water partition coefficient (Wildman–Crippen LogP) is 1.47. The zero-order chi connectivity index (χ0) is 16.2. The normalized spacial score (nSPS) is 22.0. The second kappa shape index (κ2) is 7.11. The highest BCUT2D eigenvalue weighted by Gasteiger charge is 2.27. The maximum Gasteiger partial charge on any atom is 0.317 e. The molecule has 1 aliphatic heterocycles. The maximum absolute atomic E-state index is 12.1. The first-order valence-electron chi connectivity index (χ1n) is 7.56. The summed E-state index contributed by atoms with van der Waals surface area (Å²) in [6.45, 7) is 10.5.